The third-order valence-corrected chi connectivity index (χ3v) is 2.46. The highest BCUT2D eigenvalue weighted by atomic mass is 32.2. The summed E-state index contributed by atoms with van der Waals surface area (Å²) in [5, 5.41) is 0. The number of halogens is 4. The molecule has 0 aromatic rings. The third-order valence-electron chi connectivity index (χ3n) is 1.53. The van der Waals surface area contributed by atoms with E-state index in [0.717, 1.165) is 24.8 Å². The molecule has 0 bridgehead atoms. The van der Waals surface area contributed by atoms with E-state index in [9.17, 15) is 17.3 Å². The van der Waals surface area contributed by atoms with Crippen molar-refractivity contribution in [3.63, 3.8) is 0 Å². The van der Waals surface area contributed by atoms with Gasteiger partial charge < -0.3 is 22.0 Å². The molecule has 1 rings (SSSR count). The fraction of sp³-hybridized carbons (Fsp3) is 0.857. The quantitative estimate of drug-likeness (QED) is 0.399. The highest BCUT2D eigenvalue weighted by Crippen LogP contribution is 2.07. The molecule has 0 aromatic carbocycles. The predicted molar refractivity (Wildman–Crippen MR) is 55.2 cm³/mol. The molecule has 8 heteroatoms. The Hall–Kier alpha value is -0.395. The van der Waals surface area contributed by atoms with Crippen LogP contribution in [0.15, 0.2) is 0 Å². The lowest BCUT2D eigenvalue weighted by Crippen LogP contribution is -2.28. The van der Waals surface area contributed by atoms with Crippen molar-refractivity contribution in [3.8, 4) is 0 Å². The third kappa shape index (κ3) is 9.90. The van der Waals surface area contributed by atoms with Gasteiger partial charge in [0.05, 0.1) is 12.4 Å². The lowest BCUT2D eigenvalue weighted by Gasteiger charge is -2.10. The van der Waals surface area contributed by atoms with Crippen LogP contribution < -0.4 is 0 Å². The first kappa shape index (κ1) is 14.6. The molecule has 0 atom stereocenters. The molecule has 0 spiro atoms. The van der Waals surface area contributed by atoms with Gasteiger partial charge in [0.2, 0.25) is 0 Å². The van der Waals surface area contributed by atoms with Crippen LogP contribution in [0.25, 0.3) is 0 Å². The zero-order valence-corrected chi connectivity index (χ0v) is 9.50. The average molecular weight is 247 g/mol. The zero-order valence-electron chi connectivity index (χ0n) is 8.68. The zero-order chi connectivity index (χ0) is 11.9. The summed E-state index contributed by atoms with van der Waals surface area (Å²) in [5.74, 6) is 3.41. The maximum atomic E-state index is 9.75. The van der Waals surface area contributed by atoms with Crippen molar-refractivity contribution < 1.29 is 26.6 Å². The van der Waals surface area contributed by atoms with Crippen LogP contribution in [0.1, 0.15) is 6.92 Å². The molecule has 0 amide bonds. The summed E-state index contributed by atoms with van der Waals surface area (Å²) in [4.78, 5) is 0. The molecule has 90 valence electrons. The van der Waals surface area contributed by atoms with Gasteiger partial charge in [-0.2, -0.15) is 0 Å². The standard InChI is InChI=1S/C7H14NOS.BF4/c1-3-9-7-6-10-5-4-8(7)2;2-1(3,4)5/h3-6H2,1-2H3;/q+1;-1. The minimum Gasteiger partial charge on any atom is -0.448 e. The summed E-state index contributed by atoms with van der Waals surface area (Å²) in [7, 11) is -3.91. The molecule has 1 aliphatic heterocycles. The van der Waals surface area contributed by atoms with Gasteiger partial charge in [0, 0.05) is 0 Å². The Balaban J connectivity index is 0.000000336. The van der Waals surface area contributed by atoms with Gasteiger partial charge in [0.25, 0.3) is 0 Å². The number of nitrogens with zero attached hydrogens (tertiary/aromatic N) is 1. The molecule has 0 saturated heterocycles. The van der Waals surface area contributed by atoms with Gasteiger partial charge in [-0.05, 0) is 6.92 Å². The first-order valence-corrected chi connectivity index (χ1v) is 5.65. The molecule has 0 aliphatic carbocycles. The first-order valence-electron chi connectivity index (χ1n) is 4.49. The molecule has 1 heterocycles. The molecule has 1 aliphatic rings. The minimum absolute atomic E-state index is 0.792. The molecule has 0 radical (unpaired) electrons. The molecular weight excluding hydrogens is 233 g/mol. The SMILES string of the molecule is CCOC1=[N+](C)CCSC1.F[B-](F)(F)F. The topological polar surface area (TPSA) is 12.2 Å². The van der Waals surface area contributed by atoms with Crippen LogP contribution in [0, 0.1) is 0 Å². The van der Waals surface area contributed by atoms with E-state index >= 15 is 0 Å². The van der Waals surface area contributed by atoms with Gasteiger partial charge in [-0.15, -0.1) is 11.8 Å². The summed E-state index contributed by atoms with van der Waals surface area (Å²) in [6, 6.07) is 0. The van der Waals surface area contributed by atoms with Crippen LogP contribution in [0.4, 0.5) is 17.3 Å². The van der Waals surface area contributed by atoms with Crippen molar-refractivity contribution in [1.29, 1.82) is 0 Å². The molecule has 0 fully saturated rings. The van der Waals surface area contributed by atoms with E-state index in [4.69, 9.17) is 4.74 Å². The smallest absolute Gasteiger partial charge is 0.448 e. The number of thioether (sulfide) groups is 1. The van der Waals surface area contributed by atoms with E-state index < -0.39 is 7.25 Å². The van der Waals surface area contributed by atoms with E-state index in [-0.39, 0.29) is 0 Å². The van der Waals surface area contributed by atoms with Crippen LogP contribution in [0.2, 0.25) is 0 Å². The fourth-order valence-electron chi connectivity index (χ4n) is 0.914. The Labute approximate surface area is 90.8 Å². The maximum absolute atomic E-state index is 9.75. The lowest BCUT2D eigenvalue weighted by atomic mass is 10.3. The van der Waals surface area contributed by atoms with Crippen LogP contribution in [-0.2, 0) is 4.74 Å². The highest BCUT2D eigenvalue weighted by Gasteiger charge is 2.20. The molecule has 2 nitrogen and oxygen atoms in total. The molecule has 0 N–H and O–H groups in total. The van der Waals surface area contributed by atoms with Crippen molar-refractivity contribution in [1.82, 2.24) is 0 Å². The molecule has 0 saturated carbocycles. The summed E-state index contributed by atoms with van der Waals surface area (Å²) < 4.78 is 46.6. The molecule has 0 unspecified atom stereocenters. The normalized spacial score (nSPS) is 16.9. The minimum atomic E-state index is -6.00. The van der Waals surface area contributed by atoms with Gasteiger partial charge in [-0.1, -0.05) is 0 Å². The van der Waals surface area contributed by atoms with Crippen molar-refractivity contribution in [3.05, 3.63) is 0 Å². The van der Waals surface area contributed by atoms with Gasteiger partial charge in [-0.3, -0.25) is 0 Å². The van der Waals surface area contributed by atoms with Crippen molar-refractivity contribution in [2.45, 2.75) is 6.92 Å². The molecule has 15 heavy (non-hydrogen) atoms. The average Bonchev–Trinajstić information content (AvgIpc) is 2.06. The first-order chi connectivity index (χ1) is 6.84. The lowest BCUT2D eigenvalue weighted by molar-refractivity contribution is -0.502. The van der Waals surface area contributed by atoms with Gasteiger partial charge in [0.1, 0.15) is 12.8 Å². The number of hydrogen-bond acceptors (Lipinski definition) is 2. The Morgan fingerprint density at radius 1 is 1.40 bits per heavy atom. The van der Waals surface area contributed by atoms with Crippen LogP contribution in [0.3, 0.4) is 0 Å². The monoisotopic (exact) mass is 247 g/mol. The highest BCUT2D eigenvalue weighted by molar-refractivity contribution is 8.00. The summed E-state index contributed by atoms with van der Waals surface area (Å²) in [6.07, 6.45) is 0. The largest absolute Gasteiger partial charge is 0.673 e. The second-order valence-corrected chi connectivity index (χ2v) is 3.90. The van der Waals surface area contributed by atoms with Crippen molar-refractivity contribution in [2.24, 2.45) is 0 Å². The molecular formula is C7H14BF4NOS. The number of ether oxygens (including phenoxy) is 1. The van der Waals surface area contributed by atoms with Gasteiger partial charge in [0.15, 0.2) is 6.54 Å². The van der Waals surface area contributed by atoms with E-state index in [0.29, 0.717) is 0 Å². The van der Waals surface area contributed by atoms with E-state index in [2.05, 4.69) is 11.6 Å². The Morgan fingerprint density at radius 2 is 1.93 bits per heavy atom. The van der Waals surface area contributed by atoms with E-state index in [1.54, 1.807) is 0 Å². The summed E-state index contributed by atoms with van der Waals surface area (Å²) in [5.41, 5.74) is 0. The van der Waals surface area contributed by atoms with Crippen LogP contribution in [0.5, 0.6) is 0 Å². The predicted octanol–water partition coefficient (Wildman–Crippen LogP) is 2.11. The van der Waals surface area contributed by atoms with Crippen molar-refractivity contribution in [2.75, 3.05) is 31.7 Å². The number of rotatable bonds is 1. The number of hydrogen-bond donors (Lipinski definition) is 0. The second kappa shape index (κ2) is 6.97. The Kier molecular flexibility index (Phi) is 6.79. The Morgan fingerprint density at radius 3 is 2.33 bits per heavy atom. The van der Waals surface area contributed by atoms with E-state index in [1.165, 1.54) is 5.75 Å². The molecule has 0 aromatic heterocycles. The van der Waals surface area contributed by atoms with Crippen molar-refractivity contribution >= 4 is 24.9 Å². The van der Waals surface area contributed by atoms with E-state index in [1.807, 2.05) is 18.7 Å². The van der Waals surface area contributed by atoms with Crippen LogP contribution in [-0.4, -0.2) is 49.4 Å². The summed E-state index contributed by atoms with van der Waals surface area (Å²) >= 11 is 1.94. The second-order valence-electron chi connectivity index (χ2n) is 2.80. The summed E-state index contributed by atoms with van der Waals surface area (Å²) in [6.45, 7) is 3.94. The van der Waals surface area contributed by atoms with Gasteiger partial charge >= 0.3 is 13.2 Å². The van der Waals surface area contributed by atoms with Gasteiger partial charge in [-0.25, -0.2) is 4.58 Å². The van der Waals surface area contributed by atoms with Crippen LogP contribution >= 0.6 is 11.8 Å². The maximum Gasteiger partial charge on any atom is 0.673 e. The fourth-order valence-corrected chi connectivity index (χ4v) is 1.94. The Bertz CT molecular complexity index is 216.